The van der Waals surface area contributed by atoms with Gasteiger partial charge in [-0.3, -0.25) is 9.36 Å². The summed E-state index contributed by atoms with van der Waals surface area (Å²) in [5.74, 6) is 0.738. The van der Waals surface area contributed by atoms with Gasteiger partial charge < -0.3 is 10.5 Å². The van der Waals surface area contributed by atoms with Crippen molar-refractivity contribution in [1.82, 2.24) is 9.55 Å². The van der Waals surface area contributed by atoms with Crippen LogP contribution in [0, 0.1) is 13.8 Å². The molecule has 0 saturated carbocycles. The van der Waals surface area contributed by atoms with Crippen molar-refractivity contribution in [3.63, 3.8) is 0 Å². The number of ether oxygens (including phenoxy) is 1. The van der Waals surface area contributed by atoms with E-state index in [-0.39, 0.29) is 11.7 Å². The molecule has 0 bridgehead atoms. The van der Waals surface area contributed by atoms with Crippen molar-refractivity contribution in [1.29, 1.82) is 0 Å². The predicted octanol–water partition coefficient (Wildman–Crippen LogP) is 0.614. The second-order valence-electron chi connectivity index (χ2n) is 4.04. The Balaban J connectivity index is 2.72. The molecule has 5 heteroatoms. The van der Waals surface area contributed by atoms with E-state index in [1.165, 1.54) is 0 Å². The molecular weight excluding hydrogens is 218 g/mol. The Morgan fingerprint density at radius 2 is 2.24 bits per heavy atom. The number of aryl methyl sites for hydroxylation is 2. The van der Waals surface area contributed by atoms with E-state index >= 15 is 0 Å². The summed E-state index contributed by atoms with van der Waals surface area (Å²) in [4.78, 5) is 16.0. The molecule has 0 fully saturated rings. The topological polar surface area (TPSA) is 70.1 Å². The van der Waals surface area contributed by atoms with Crippen molar-refractivity contribution in [3.8, 4) is 0 Å². The molecule has 0 aromatic carbocycles. The first kappa shape index (κ1) is 13.9. The molecule has 1 heterocycles. The molecule has 0 spiro atoms. The molecule has 0 aliphatic rings. The van der Waals surface area contributed by atoms with E-state index in [4.69, 9.17) is 10.5 Å². The van der Waals surface area contributed by atoms with Gasteiger partial charge in [-0.25, -0.2) is 4.98 Å². The summed E-state index contributed by atoms with van der Waals surface area (Å²) in [5.41, 5.74) is 6.34. The Morgan fingerprint density at radius 3 is 2.76 bits per heavy atom. The number of nitrogens with two attached hydrogens (primary N) is 1. The summed E-state index contributed by atoms with van der Waals surface area (Å²) in [6.07, 6.45) is 0.739. The van der Waals surface area contributed by atoms with Gasteiger partial charge in [-0.1, -0.05) is 0 Å². The Bertz CT molecular complexity index is 415. The maximum Gasteiger partial charge on any atom is 0.253 e. The van der Waals surface area contributed by atoms with Crippen LogP contribution in [0.3, 0.4) is 0 Å². The molecule has 1 aromatic rings. The molecule has 1 atom stereocenters. The number of nitrogens with zero attached hydrogens (tertiary/aromatic N) is 2. The van der Waals surface area contributed by atoms with Crippen LogP contribution in [-0.2, 0) is 11.3 Å². The van der Waals surface area contributed by atoms with Gasteiger partial charge in [0.15, 0.2) is 0 Å². The van der Waals surface area contributed by atoms with Gasteiger partial charge in [-0.15, -0.1) is 0 Å². The molecule has 1 unspecified atom stereocenters. The normalized spacial score (nSPS) is 12.7. The molecule has 2 N–H and O–H groups in total. The lowest BCUT2D eigenvalue weighted by molar-refractivity contribution is 0.0595. The average molecular weight is 239 g/mol. The quantitative estimate of drug-likeness (QED) is 0.789. The van der Waals surface area contributed by atoms with Crippen LogP contribution < -0.4 is 11.3 Å². The predicted molar refractivity (Wildman–Crippen MR) is 67.1 cm³/mol. The third kappa shape index (κ3) is 3.94. The number of hydrogen-bond donors (Lipinski definition) is 1. The minimum absolute atomic E-state index is 0.00704. The molecular formula is C12H21N3O2. The third-order valence-corrected chi connectivity index (χ3v) is 2.67. The molecule has 96 valence electrons. The largest absolute Gasteiger partial charge is 0.377 e. The van der Waals surface area contributed by atoms with Crippen LogP contribution in [0.5, 0.6) is 0 Å². The van der Waals surface area contributed by atoms with E-state index in [1.807, 2.05) is 20.8 Å². The summed E-state index contributed by atoms with van der Waals surface area (Å²) in [6.45, 7) is 7.31. The Labute approximate surface area is 102 Å². The van der Waals surface area contributed by atoms with Gasteiger partial charge in [-0.05, 0) is 27.2 Å². The zero-order valence-corrected chi connectivity index (χ0v) is 10.8. The van der Waals surface area contributed by atoms with Gasteiger partial charge in [0.05, 0.1) is 6.10 Å². The number of rotatable bonds is 6. The summed E-state index contributed by atoms with van der Waals surface area (Å²) >= 11 is 0. The SMILES string of the molecule is CCOC(CN)CCn1c(C)nc(C)cc1=O. The Kier molecular flexibility index (Phi) is 5.31. The fourth-order valence-electron chi connectivity index (χ4n) is 1.81. The standard InChI is InChI=1S/C12H21N3O2/c1-4-17-11(8-13)5-6-15-10(3)14-9(2)7-12(15)16/h7,11H,4-6,8,13H2,1-3H3. The van der Waals surface area contributed by atoms with Crippen molar-refractivity contribution in [2.24, 2.45) is 5.73 Å². The van der Waals surface area contributed by atoms with E-state index in [9.17, 15) is 4.79 Å². The van der Waals surface area contributed by atoms with E-state index in [0.29, 0.717) is 19.7 Å². The fourth-order valence-corrected chi connectivity index (χ4v) is 1.81. The van der Waals surface area contributed by atoms with Gasteiger partial charge in [0, 0.05) is 31.5 Å². The summed E-state index contributed by atoms with van der Waals surface area (Å²) < 4.78 is 7.12. The van der Waals surface area contributed by atoms with Gasteiger partial charge in [0.25, 0.3) is 5.56 Å². The lowest BCUT2D eigenvalue weighted by Gasteiger charge is -2.16. The first-order valence-corrected chi connectivity index (χ1v) is 5.95. The lowest BCUT2D eigenvalue weighted by atomic mass is 10.2. The van der Waals surface area contributed by atoms with Gasteiger partial charge in [0.2, 0.25) is 0 Å². The van der Waals surface area contributed by atoms with Crippen LogP contribution in [0.2, 0.25) is 0 Å². The van der Waals surface area contributed by atoms with Crippen molar-refractivity contribution in [2.45, 2.75) is 39.8 Å². The minimum atomic E-state index is -0.0118. The highest BCUT2D eigenvalue weighted by atomic mass is 16.5. The molecule has 0 saturated heterocycles. The Hall–Kier alpha value is -1.20. The van der Waals surface area contributed by atoms with Gasteiger partial charge in [0.1, 0.15) is 5.82 Å². The van der Waals surface area contributed by atoms with Crippen molar-refractivity contribution in [2.75, 3.05) is 13.2 Å². The summed E-state index contributed by atoms with van der Waals surface area (Å²) in [6, 6.07) is 1.55. The van der Waals surface area contributed by atoms with Crippen LogP contribution in [0.25, 0.3) is 0 Å². The van der Waals surface area contributed by atoms with Crippen LogP contribution in [-0.4, -0.2) is 28.8 Å². The van der Waals surface area contributed by atoms with E-state index in [0.717, 1.165) is 17.9 Å². The second-order valence-corrected chi connectivity index (χ2v) is 4.04. The number of hydrogen-bond acceptors (Lipinski definition) is 4. The van der Waals surface area contributed by atoms with Crippen LogP contribution >= 0.6 is 0 Å². The van der Waals surface area contributed by atoms with E-state index < -0.39 is 0 Å². The van der Waals surface area contributed by atoms with Crippen molar-refractivity contribution in [3.05, 3.63) is 27.9 Å². The molecule has 17 heavy (non-hydrogen) atoms. The highest BCUT2D eigenvalue weighted by Gasteiger charge is 2.08. The molecule has 1 aromatic heterocycles. The maximum atomic E-state index is 11.8. The second kappa shape index (κ2) is 6.51. The first-order chi connectivity index (χ1) is 8.08. The molecule has 0 aliphatic carbocycles. The maximum absolute atomic E-state index is 11.8. The van der Waals surface area contributed by atoms with Crippen molar-refractivity contribution >= 4 is 0 Å². The van der Waals surface area contributed by atoms with Gasteiger partial charge >= 0.3 is 0 Å². The van der Waals surface area contributed by atoms with Crippen LogP contribution in [0.15, 0.2) is 10.9 Å². The molecule has 0 amide bonds. The zero-order valence-electron chi connectivity index (χ0n) is 10.8. The average Bonchev–Trinajstić information content (AvgIpc) is 2.26. The van der Waals surface area contributed by atoms with E-state index in [1.54, 1.807) is 10.6 Å². The minimum Gasteiger partial charge on any atom is -0.377 e. The molecule has 5 nitrogen and oxygen atoms in total. The lowest BCUT2D eigenvalue weighted by Crippen LogP contribution is -2.29. The smallest absolute Gasteiger partial charge is 0.253 e. The fraction of sp³-hybridized carbons (Fsp3) is 0.667. The summed E-state index contributed by atoms with van der Waals surface area (Å²) in [5, 5.41) is 0. The first-order valence-electron chi connectivity index (χ1n) is 5.95. The monoisotopic (exact) mass is 239 g/mol. The number of aromatic nitrogens is 2. The summed E-state index contributed by atoms with van der Waals surface area (Å²) in [7, 11) is 0. The zero-order chi connectivity index (χ0) is 12.8. The highest BCUT2D eigenvalue weighted by Crippen LogP contribution is 2.01. The third-order valence-electron chi connectivity index (χ3n) is 2.67. The Morgan fingerprint density at radius 1 is 1.53 bits per heavy atom. The molecule has 0 aliphatic heterocycles. The van der Waals surface area contributed by atoms with Crippen LogP contribution in [0.1, 0.15) is 24.9 Å². The molecule has 1 rings (SSSR count). The highest BCUT2D eigenvalue weighted by molar-refractivity contribution is 5.01. The van der Waals surface area contributed by atoms with E-state index in [2.05, 4.69) is 4.98 Å². The molecule has 0 radical (unpaired) electrons. The van der Waals surface area contributed by atoms with Crippen molar-refractivity contribution < 1.29 is 4.74 Å². The van der Waals surface area contributed by atoms with Crippen LogP contribution in [0.4, 0.5) is 0 Å². The van der Waals surface area contributed by atoms with Gasteiger partial charge in [-0.2, -0.15) is 0 Å².